The Labute approximate surface area is 84.7 Å². The summed E-state index contributed by atoms with van der Waals surface area (Å²) in [6.45, 7) is 7.08. The van der Waals surface area contributed by atoms with E-state index in [4.69, 9.17) is 5.73 Å². The molecule has 0 spiro atoms. The van der Waals surface area contributed by atoms with Gasteiger partial charge in [-0.15, -0.1) is 0 Å². The van der Waals surface area contributed by atoms with Crippen LogP contribution in [0, 0.1) is 5.92 Å². The molecule has 0 saturated heterocycles. The van der Waals surface area contributed by atoms with Gasteiger partial charge < -0.3 is 5.73 Å². The first-order valence-corrected chi connectivity index (χ1v) is 6.55. The van der Waals surface area contributed by atoms with Crippen LogP contribution in [0.3, 0.4) is 0 Å². The van der Waals surface area contributed by atoms with Crippen molar-refractivity contribution in [2.45, 2.75) is 45.3 Å². The minimum Gasteiger partial charge on any atom is -0.330 e. The molecule has 0 aromatic rings. The van der Waals surface area contributed by atoms with Gasteiger partial charge in [-0.25, -0.2) is 0 Å². The highest BCUT2D eigenvalue weighted by atomic mass is 32.2. The Morgan fingerprint density at radius 1 is 1.15 bits per heavy atom. The van der Waals surface area contributed by atoms with E-state index in [1.54, 1.807) is 0 Å². The highest BCUT2D eigenvalue weighted by Gasteiger charge is 2.13. The van der Waals surface area contributed by atoms with Crippen molar-refractivity contribution in [1.82, 2.24) is 0 Å². The summed E-state index contributed by atoms with van der Waals surface area (Å²) in [5.41, 5.74) is 5.38. The normalized spacial score (nSPS) is 16.1. The Bertz CT molecular complexity index is 148. The second-order valence-electron chi connectivity index (χ2n) is 3.88. The number of hydrogen-bond donors (Lipinski definition) is 1. The fourth-order valence-electron chi connectivity index (χ4n) is 1.05. The molecule has 0 aromatic carbocycles. The van der Waals surface area contributed by atoms with Gasteiger partial charge in [-0.1, -0.05) is 27.2 Å². The molecule has 2 atom stereocenters. The summed E-state index contributed by atoms with van der Waals surface area (Å²) < 4.78 is 11.6. The minimum atomic E-state index is -0.639. The lowest BCUT2D eigenvalue weighted by molar-refractivity contribution is 0.601. The van der Waals surface area contributed by atoms with Crippen molar-refractivity contribution in [2.24, 2.45) is 11.7 Å². The van der Waals surface area contributed by atoms with Crippen LogP contribution < -0.4 is 5.73 Å². The van der Waals surface area contributed by atoms with Crippen molar-refractivity contribution in [3.05, 3.63) is 0 Å². The fraction of sp³-hybridized carbons (Fsp3) is 1.00. The molecular weight excluding hydrogens is 182 g/mol. The van der Waals surface area contributed by atoms with Crippen molar-refractivity contribution in [3.8, 4) is 0 Å². The van der Waals surface area contributed by atoms with Gasteiger partial charge in [0.05, 0.1) is 0 Å². The summed E-state index contributed by atoms with van der Waals surface area (Å²) in [7, 11) is -0.639. The lowest BCUT2D eigenvalue weighted by Gasteiger charge is -2.14. The van der Waals surface area contributed by atoms with Gasteiger partial charge in [0.25, 0.3) is 0 Å². The van der Waals surface area contributed by atoms with Crippen molar-refractivity contribution < 1.29 is 4.21 Å². The Morgan fingerprint density at radius 3 is 2.23 bits per heavy atom. The maximum absolute atomic E-state index is 11.6. The van der Waals surface area contributed by atoms with E-state index in [0.717, 1.165) is 31.6 Å². The molecule has 13 heavy (non-hydrogen) atoms. The molecule has 0 rings (SSSR count). The van der Waals surface area contributed by atoms with E-state index >= 15 is 0 Å². The lowest BCUT2D eigenvalue weighted by atomic mass is 10.2. The lowest BCUT2D eigenvalue weighted by Crippen LogP contribution is -2.20. The van der Waals surface area contributed by atoms with E-state index in [1.807, 2.05) is 0 Å². The molecule has 0 aliphatic rings. The third-order valence-electron chi connectivity index (χ3n) is 2.40. The highest BCUT2D eigenvalue weighted by molar-refractivity contribution is 7.85. The van der Waals surface area contributed by atoms with Crippen LogP contribution in [0.4, 0.5) is 0 Å². The summed E-state index contributed by atoms with van der Waals surface area (Å²) >= 11 is 0. The highest BCUT2D eigenvalue weighted by Crippen LogP contribution is 2.10. The standard InChI is InChI=1S/C10H23NOS/c1-9(2)10(3)13(12)8-6-4-5-7-11/h9-10H,4-8,11H2,1-3H3. The molecular formula is C10H23NOS. The molecule has 0 radical (unpaired) electrons. The molecule has 0 aromatic heterocycles. The zero-order valence-electron chi connectivity index (χ0n) is 9.08. The van der Waals surface area contributed by atoms with Crippen LogP contribution in [0.5, 0.6) is 0 Å². The predicted octanol–water partition coefficient (Wildman–Crippen LogP) is 1.91. The van der Waals surface area contributed by atoms with E-state index in [9.17, 15) is 4.21 Å². The van der Waals surface area contributed by atoms with E-state index < -0.39 is 10.8 Å². The molecule has 3 heteroatoms. The van der Waals surface area contributed by atoms with Gasteiger partial charge in [0.1, 0.15) is 0 Å². The second kappa shape index (κ2) is 7.51. The molecule has 0 bridgehead atoms. The van der Waals surface area contributed by atoms with Crippen LogP contribution in [-0.2, 0) is 10.8 Å². The number of rotatable bonds is 7. The first kappa shape index (κ1) is 13.1. The quantitative estimate of drug-likeness (QED) is 0.645. The van der Waals surface area contributed by atoms with Crippen LogP contribution in [0.15, 0.2) is 0 Å². The Balaban J connectivity index is 3.50. The average molecular weight is 205 g/mol. The SMILES string of the molecule is CC(C)C(C)S(=O)CCCCCN. The Kier molecular flexibility index (Phi) is 7.57. The molecule has 0 fully saturated rings. The third-order valence-corrected chi connectivity index (χ3v) is 4.47. The van der Waals surface area contributed by atoms with Crippen LogP contribution >= 0.6 is 0 Å². The second-order valence-corrected chi connectivity index (χ2v) is 5.80. The van der Waals surface area contributed by atoms with E-state index in [1.165, 1.54) is 0 Å². The summed E-state index contributed by atoms with van der Waals surface area (Å²) in [6.07, 6.45) is 3.24. The molecule has 2 unspecified atom stereocenters. The summed E-state index contributed by atoms with van der Waals surface area (Å²) in [5.74, 6) is 1.37. The molecule has 0 aliphatic carbocycles. The number of unbranched alkanes of at least 4 members (excludes halogenated alkanes) is 2. The molecule has 0 amide bonds. The van der Waals surface area contributed by atoms with Gasteiger partial charge in [-0.3, -0.25) is 4.21 Å². The molecule has 80 valence electrons. The minimum absolute atomic E-state index is 0.331. The predicted molar refractivity (Wildman–Crippen MR) is 60.2 cm³/mol. The van der Waals surface area contributed by atoms with Crippen LogP contribution in [0.25, 0.3) is 0 Å². The third kappa shape index (κ3) is 6.22. The van der Waals surface area contributed by atoms with Crippen LogP contribution in [0.1, 0.15) is 40.0 Å². The smallest absolute Gasteiger partial charge is 0.0342 e. The van der Waals surface area contributed by atoms with Gasteiger partial charge in [-0.2, -0.15) is 0 Å². The number of nitrogens with two attached hydrogens (primary N) is 1. The van der Waals surface area contributed by atoms with Gasteiger partial charge in [-0.05, 0) is 25.3 Å². The van der Waals surface area contributed by atoms with E-state index in [0.29, 0.717) is 11.2 Å². The summed E-state index contributed by atoms with van der Waals surface area (Å²) in [6, 6.07) is 0. The zero-order chi connectivity index (χ0) is 10.3. The van der Waals surface area contributed by atoms with Crippen LogP contribution in [0.2, 0.25) is 0 Å². The molecule has 0 aliphatic heterocycles. The fourth-order valence-corrected chi connectivity index (χ4v) is 2.52. The molecule has 0 saturated carbocycles. The monoisotopic (exact) mass is 205 g/mol. The zero-order valence-corrected chi connectivity index (χ0v) is 9.90. The largest absolute Gasteiger partial charge is 0.330 e. The van der Waals surface area contributed by atoms with Crippen molar-refractivity contribution >= 4 is 10.8 Å². The number of hydrogen-bond acceptors (Lipinski definition) is 2. The first-order chi connectivity index (χ1) is 6.09. The van der Waals surface area contributed by atoms with Crippen molar-refractivity contribution in [1.29, 1.82) is 0 Å². The summed E-state index contributed by atoms with van der Waals surface area (Å²) in [5, 5.41) is 0.331. The molecule has 2 nitrogen and oxygen atoms in total. The van der Waals surface area contributed by atoms with Gasteiger partial charge >= 0.3 is 0 Å². The summed E-state index contributed by atoms with van der Waals surface area (Å²) in [4.78, 5) is 0. The molecule has 0 heterocycles. The first-order valence-electron chi connectivity index (χ1n) is 5.16. The average Bonchev–Trinajstić information content (AvgIpc) is 2.10. The maximum Gasteiger partial charge on any atom is 0.0342 e. The molecule has 2 N–H and O–H groups in total. The van der Waals surface area contributed by atoms with Gasteiger partial charge in [0, 0.05) is 21.8 Å². The van der Waals surface area contributed by atoms with E-state index in [2.05, 4.69) is 20.8 Å². The Morgan fingerprint density at radius 2 is 1.77 bits per heavy atom. The topological polar surface area (TPSA) is 43.1 Å². The van der Waals surface area contributed by atoms with Crippen LogP contribution in [-0.4, -0.2) is 21.8 Å². The van der Waals surface area contributed by atoms with Gasteiger partial charge in [0.2, 0.25) is 0 Å². The van der Waals surface area contributed by atoms with E-state index in [-0.39, 0.29) is 0 Å². The Hall–Kier alpha value is 0.110. The van der Waals surface area contributed by atoms with Crippen molar-refractivity contribution in [3.63, 3.8) is 0 Å². The van der Waals surface area contributed by atoms with Gasteiger partial charge in [0.15, 0.2) is 0 Å². The van der Waals surface area contributed by atoms with Crippen molar-refractivity contribution in [2.75, 3.05) is 12.3 Å². The maximum atomic E-state index is 11.6.